The van der Waals surface area contributed by atoms with Gasteiger partial charge in [-0.2, -0.15) is 0 Å². The van der Waals surface area contributed by atoms with E-state index < -0.39 is 0 Å². The van der Waals surface area contributed by atoms with E-state index in [1.807, 2.05) is 24.3 Å². The predicted molar refractivity (Wildman–Crippen MR) is 144 cm³/mol. The van der Waals surface area contributed by atoms with E-state index in [1.165, 1.54) is 17.7 Å². The third-order valence-corrected chi connectivity index (χ3v) is 6.29. The van der Waals surface area contributed by atoms with E-state index in [9.17, 15) is 9.18 Å². The highest BCUT2D eigenvalue weighted by Gasteiger charge is 2.05. The minimum absolute atomic E-state index is 0.194. The summed E-state index contributed by atoms with van der Waals surface area (Å²) >= 11 is 1.69. The van der Waals surface area contributed by atoms with Gasteiger partial charge in [-0.25, -0.2) is 4.39 Å². The lowest BCUT2D eigenvalue weighted by molar-refractivity contribution is -0.105. The normalized spacial score (nSPS) is 10.7. The highest BCUT2D eigenvalue weighted by atomic mass is 32.2. The number of carbonyl (C=O) groups is 1. The molecule has 0 fully saturated rings. The van der Waals surface area contributed by atoms with Crippen LogP contribution in [0.15, 0.2) is 71.6 Å². The van der Waals surface area contributed by atoms with Gasteiger partial charge in [0, 0.05) is 22.1 Å². The van der Waals surface area contributed by atoms with Crippen molar-refractivity contribution in [3.8, 4) is 11.1 Å². The summed E-state index contributed by atoms with van der Waals surface area (Å²) in [6, 6.07) is 20.3. The smallest absolute Gasteiger partial charge is 0.211 e. The van der Waals surface area contributed by atoms with Gasteiger partial charge in [-0.3, -0.25) is 9.69 Å². The van der Waals surface area contributed by atoms with Crippen LogP contribution in [0.5, 0.6) is 0 Å². The van der Waals surface area contributed by atoms with Gasteiger partial charge in [0.2, 0.25) is 6.41 Å². The monoisotopic (exact) mass is 482 g/mol. The van der Waals surface area contributed by atoms with Crippen molar-refractivity contribution in [2.45, 2.75) is 18.2 Å². The maximum absolute atomic E-state index is 12.7. The first-order valence-electron chi connectivity index (χ1n) is 11.2. The van der Waals surface area contributed by atoms with Gasteiger partial charge in [-0.15, -0.1) is 11.8 Å². The molecule has 0 bridgehead atoms. The first-order valence-corrected chi connectivity index (χ1v) is 12.2. The standard InChI is InChI=1S/C14H24N4OS.C13H11F/c1-17(2)7-4-8-18(3)11-20-14-9-12(16-10-19)5-6-13(14)15;1-10-2-4-11(5-3-10)12-6-8-13(14)9-7-12/h5-6,9-10H,4,7-8,11,15H2,1-3H3,(H,16,19);2-9H,1H3. The second kappa shape index (κ2) is 14.4. The van der Waals surface area contributed by atoms with E-state index in [4.69, 9.17) is 5.73 Å². The molecule has 0 spiro atoms. The Bertz CT molecular complexity index is 967. The average molecular weight is 483 g/mol. The van der Waals surface area contributed by atoms with Crippen LogP contribution in [0.4, 0.5) is 15.8 Å². The fraction of sp³-hybridized carbons (Fsp3) is 0.296. The second-order valence-corrected chi connectivity index (χ2v) is 9.38. The second-order valence-electron chi connectivity index (χ2n) is 8.40. The van der Waals surface area contributed by atoms with Gasteiger partial charge in [-0.1, -0.05) is 42.0 Å². The maximum atomic E-state index is 12.7. The minimum atomic E-state index is -0.194. The molecule has 5 nitrogen and oxygen atoms in total. The van der Waals surface area contributed by atoms with Crippen molar-refractivity contribution >= 4 is 29.5 Å². The molecule has 0 aromatic heterocycles. The lowest BCUT2D eigenvalue weighted by atomic mass is 10.0. The van der Waals surface area contributed by atoms with E-state index in [2.05, 4.69) is 55.3 Å². The lowest BCUT2D eigenvalue weighted by Gasteiger charge is -2.18. The largest absolute Gasteiger partial charge is 0.398 e. The molecule has 0 atom stereocenters. The molecule has 3 aromatic rings. The van der Waals surface area contributed by atoms with Crippen molar-refractivity contribution in [3.05, 3.63) is 78.1 Å². The Morgan fingerprint density at radius 2 is 1.56 bits per heavy atom. The third-order valence-electron chi connectivity index (χ3n) is 5.05. The average Bonchev–Trinajstić information content (AvgIpc) is 2.81. The molecule has 0 saturated carbocycles. The number of halogens is 1. The van der Waals surface area contributed by atoms with Gasteiger partial charge in [-0.05, 0) is 89.0 Å². The zero-order valence-electron chi connectivity index (χ0n) is 20.4. The number of nitrogens with zero attached hydrogens (tertiary/aromatic N) is 2. The van der Waals surface area contributed by atoms with E-state index >= 15 is 0 Å². The molecule has 3 N–H and O–H groups in total. The van der Waals surface area contributed by atoms with Gasteiger partial charge >= 0.3 is 0 Å². The number of rotatable bonds is 10. The summed E-state index contributed by atoms with van der Waals surface area (Å²) in [5.74, 6) is 0.684. The van der Waals surface area contributed by atoms with Crippen molar-refractivity contribution < 1.29 is 9.18 Å². The molecule has 0 aliphatic carbocycles. The van der Waals surface area contributed by atoms with Crippen LogP contribution in [0.25, 0.3) is 11.1 Å². The van der Waals surface area contributed by atoms with Gasteiger partial charge < -0.3 is 16.0 Å². The fourth-order valence-electron chi connectivity index (χ4n) is 3.11. The Balaban J connectivity index is 0.000000254. The minimum Gasteiger partial charge on any atom is -0.398 e. The Labute approximate surface area is 207 Å². The van der Waals surface area contributed by atoms with Gasteiger partial charge in [0.1, 0.15) is 5.82 Å². The zero-order chi connectivity index (χ0) is 24.9. The van der Waals surface area contributed by atoms with Crippen LogP contribution in [0, 0.1) is 12.7 Å². The van der Waals surface area contributed by atoms with E-state index in [1.54, 1.807) is 30.0 Å². The lowest BCUT2D eigenvalue weighted by Crippen LogP contribution is -2.23. The fourth-order valence-corrected chi connectivity index (χ4v) is 4.04. The van der Waals surface area contributed by atoms with Crippen molar-refractivity contribution in [2.75, 3.05) is 51.2 Å². The van der Waals surface area contributed by atoms with E-state index in [0.717, 1.165) is 52.8 Å². The summed E-state index contributed by atoms with van der Waals surface area (Å²) in [6.07, 6.45) is 1.82. The Morgan fingerprint density at radius 1 is 0.941 bits per heavy atom. The van der Waals surface area contributed by atoms with Crippen LogP contribution < -0.4 is 11.1 Å². The van der Waals surface area contributed by atoms with Gasteiger partial charge in [0.15, 0.2) is 0 Å². The quantitative estimate of drug-likeness (QED) is 0.171. The topological polar surface area (TPSA) is 61.6 Å². The number of nitrogen functional groups attached to an aromatic ring is 1. The molecule has 0 unspecified atom stereocenters. The third kappa shape index (κ3) is 9.95. The molecule has 7 heteroatoms. The number of aryl methyl sites for hydroxylation is 1. The van der Waals surface area contributed by atoms with Crippen LogP contribution in [-0.2, 0) is 4.79 Å². The highest BCUT2D eigenvalue weighted by Crippen LogP contribution is 2.28. The molecule has 1 amide bonds. The van der Waals surface area contributed by atoms with E-state index in [-0.39, 0.29) is 5.82 Å². The Morgan fingerprint density at radius 3 is 2.15 bits per heavy atom. The number of thioether (sulfide) groups is 1. The van der Waals surface area contributed by atoms with Gasteiger partial charge in [0.05, 0.1) is 0 Å². The number of nitrogens with one attached hydrogen (secondary N) is 1. The SMILES string of the molecule is CN(C)CCCN(C)CSc1cc(NC=O)ccc1N.Cc1ccc(-c2ccc(F)cc2)cc1. The van der Waals surface area contributed by atoms with Crippen LogP contribution in [0.3, 0.4) is 0 Å². The number of amides is 1. The van der Waals surface area contributed by atoms with Crippen LogP contribution in [-0.4, -0.2) is 56.3 Å². The summed E-state index contributed by atoms with van der Waals surface area (Å²) in [6.45, 7) is 4.20. The molecule has 0 aliphatic heterocycles. The van der Waals surface area contributed by atoms with E-state index in [0.29, 0.717) is 6.41 Å². The number of hydrogen-bond acceptors (Lipinski definition) is 5. The van der Waals surface area contributed by atoms with Crippen molar-refractivity contribution in [2.24, 2.45) is 0 Å². The summed E-state index contributed by atoms with van der Waals surface area (Å²) in [5, 5.41) is 2.64. The highest BCUT2D eigenvalue weighted by molar-refractivity contribution is 7.99. The molecule has 0 aliphatic rings. The molecule has 34 heavy (non-hydrogen) atoms. The number of nitrogens with two attached hydrogens (primary N) is 1. The molecule has 0 radical (unpaired) electrons. The van der Waals surface area contributed by atoms with Crippen molar-refractivity contribution in [1.82, 2.24) is 9.80 Å². The molecule has 3 rings (SSSR count). The molecule has 182 valence electrons. The Kier molecular flexibility index (Phi) is 11.6. The summed E-state index contributed by atoms with van der Waals surface area (Å²) in [5.41, 5.74) is 10.9. The summed E-state index contributed by atoms with van der Waals surface area (Å²) < 4.78 is 12.7. The summed E-state index contributed by atoms with van der Waals surface area (Å²) in [7, 11) is 6.27. The molecular weight excluding hydrogens is 447 g/mol. The first kappa shape index (κ1) is 27.4. The Hall–Kier alpha value is -2.87. The molecule has 3 aromatic carbocycles. The number of hydrogen-bond donors (Lipinski definition) is 2. The van der Waals surface area contributed by atoms with Crippen molar-refractivity contribution in [3.63, 3.8) is 0 Å². The predicted octanol–water partition coefficient (Wildman–Crippen LogP) is 5.57. The van der Waals surface area contributed by atoms with Crippen molar-refractivity contribution in [1.29, 1.82) is 0 Å². The number of carbonyl (C=O) groups excluding carboxylic acids is 1. The number of anilines is 2. The van der Waals surface area contributed by atoms with Crippen LogP contribution in [0.2, 0.25) is 0 Å². The maximum Gasteiger partial charge on any atom is 0.211 e. The van der Waals surface area contributed by atoms with Crippen LogP contribution >= 0.6 is 11.8 Å². The molecule has 0 heterocycles. The van der Waals surface area contributed by atoms with Crippen LogP contribution in [0.1, 0.15) is 12.0 Å². The number of benzene rings is 3. The molecular formula is C27H35FN4OS. The zero-order valence-corrected chi connectivity index (χ0v) is 21.2. The summed E-state index contributed by atoms with van der Waals surface area (Å²) in [4.78, 5) is 15.9. The van der Waals surface area contributed by atoms with Gasteiger partial charge in [0.25, 0.3) is 0 Å². The first-order chi connectivity index (χ1) is 16.3. The molecule has 0 saturated heterocycles.